The molecule has 0 saturated carbocycles. The molecule has 0 aliphatic rings. The fraction of sp³-hybridized carbons (Fsp3) is 0.333. The molecule has 0 N–H and O–H groups in total. The molecule has 0 spiro atoms. The largest absolute Gasteiger partial charge is 0.464 e. The van der Waals surface area contributed by atoms with E-state index in [1.807, 2.05) is 0 Å². The van der Waals surface area contributed by atoms with Gasteiger partial charge in [-0.2, -0.15) is 4.98 Å². The van der Waals surface area contributed by atoms with Crippen molar-refractivity contribution in [1.29, 1.82) is 0 Å². The average molecular weight is 290 g/mol. The molecule has 2 heterocycles. The lowest BCUT2D eigenvalue weighted by Gasteiger charge is -2.06. The summed E-state index contributed by atoms with van der Waals surface area (Å²) in [5.41, 5.74) is -0.376. The first-order valence-corrected chi connectivity index (χ1v) is 5.96. The lowest BCUT2D eigenvalue weighted by molar-refractivity contribution is 0.0594. The zero-order valence-corrected chi connectivity index (χ0v) is 12.1. The summed E-state index contributed by atoms with van der Waals surface area (Å²) in [6.07, 6.45) is 2.73. The van der Waals surface area contributed by atoms with E-state index in [1.54, 1.807) is 19.0 Å². The predicted molar refractivity (Wildman–Crippen MR) is 75.8 cm³/mol. The number of carbonyl (C=O) groups excluding carboxylic acids is 1. The number of esters is 1. The maximum Gasteiger partial charge on any atom is 0.358 e. The number of nitrogens with zero attached hydrogens (tertiary/aromatic N) is 6. The van der Waals surface area contributed by atoms with Crippen LogP contribution in [-0.4, -0.2) is 57.9 Å². The summed E-state index contributed by atoms with van der Waals surface area (Å²) in [7, 11) is 6.34. The van der Waals surface area contributed by atoms with Gasteiger partial charge in [0.05, 0.1) is 19.6 Å². The zero-order chi connectivity index (χ0) is 15.6. The summed E-state index contributed by atoms with van der Waals surface area (Å²) in [6, 6.07) is 0. The van der Waals surface area contributed by atoms with E-state index in [1.165, 1.54) is 31.3 Å². The highest BCUT2D eigenvalue weighted by Crippen LogP contribution is 2.09. The molecule has 21 heavy (non-hydrogen) atoms. The lowest BCUT2D eigenvalue weighted by atomic mass is 10.4. The summed E-state index contributed by atoms with van der Waals surface area (Å²) in [5, 5.41) is 0. The van der Waals surface area contributed by atoms with Crippen LogP contribution in [0.25, 0.3) is 11.2 Å². The summed E-state index contributed by atoms with van der Waals surface area (Å²) in [4.78, 5) is 41.5. The van der Waals surface area contributed by atoms with Crippen LogP contribution in [0.4, 0.5) is 5.95 Å². The third-order valence-electron chi connectivity index (χ3n) is 2.56. The second-order valence-corrected chi connectivity index (χ2v) is 4.40. The fourth-order valence-corrected chi connectivity index (χ4v) is 1.51. The number of hydrogen-bond acceptors (Lipinski definition) is 7. The van der Waals surface area contributed by atoms with Crippen molar-refractivity contribution in [2.24, 2.45) is 12.0 Å². The van der Waals surface area contributed by atoms with Gasteiger partial charge in [0, 0.05) is 21.1 Å². The Morgan fingerprint density at radius 2 is 2.14 bits per heavy atom. The maximum absolute atomic E-state index is 12.2. The van der Waals surface area contributed by atoms with Gasteiger partial charge >= 0.3 is 5.97 Å². The van der Waals surface area contributed by atoms with Gasteiger partial charge < -0.3 is 9.64 Å². The molecule has 2 rings (SSSR count). The minimum Gasteiger partial charge on any atom is -0.464 e. The lowest BCUT2D eigenvalue weighted by Crippen LogP contribution is -2.21. The smallest absolute Gasteiger partial charge is 0.358 e. The Kier molecular flexibility index (Phi) is 3.92. The Labute approximate surface area is 119 Å². The van der Waals surface area contributed by atoms with Crippen LogP contribution in [0.1, 0.15) is 10.5 Å². The minimum atomic E-state index is -0.666. The van der Waals surface area contributed by atoms with Crippen LogP contribution < -0.4 is 5.56 Å². The first-order valence-electron chi connectivity index (χ1n) is 5.96. The van der Waals surface area contributed by atoms with Crippen molar-refractivity contribution >= 4 is 29.4 Å². The van der Waals surface area contributed by atoms with Crippen LogP contribution >= 0.6 is 0 Å². The SMILES string of the molecule is COC(=O)c1cnc2nc(/N=C/N(C)C)n(C)c(=O)c2n1. The molecule has 0 unspecified atom stereocenters. The van der Waals surface area contributed by atoms with Gasteiger partial charge in [-0.05, 0) is 0 Å². The molecule has 2 aromatic heterocycles. The van der Waals surface area contributed by atoms with Crippen molar-refractivity contribution in [3.63, 3.8) is 0 Å². The Morgan fingerprint density at radius 1 is 1.43 bits per heavy atom. The summed E-state index contributed by atoms with van der Waals surface area (Å²) in [5.74, 6) is -0.470. The van der Waals surface area contributed by atoms with Gasteiger partial charge in [-0.15, -0.1) is 0 Å². The van der Waals surface area contributed by atoms with Crippen molar-refractivity contribution < 1.29 is 9.53 Å². The molecule has 0 atom stereocenters. The van der Waals surface area contributed by atoms with E-state index in [-0.39, 0.29) is 22.8 Å². The number of aromatic nitrogens is 4. The highest BCUT2D eigenvalue weighted by Gasteiger charge is 2.14. The molecular formula is C12H14N6O3. The summed E-state index contributed by atoms with van der Waals surface area (Å²) in [6.45, 7) is 0. The molecule has 0 amide bonds. The zero-order valence-electron chi connectivity index (χ0n) is 12.1. The Balaban J connectivity index is 2.63. The second-order valence-electron chi connectivity index (χ2n) is 4.40. The highest BCUT2D eigenvalue weighted by atomic mass is 16.5. The van der Waals surface area contributed by atoms with Crippen LogP contribution in [-0.2, 0) is 11.8 Å². The van der Waals surface area contributed by atoms with E-state index in [2.05, 4.69) is 24.7 Å². The first kappa shape index (κ1) is 14.6. The molecular weight excluding hydrogens is 276 g/mol. The molecule has 0 fully saturated rings. The van der Waals surface area contributed by atoms with Gasteiger partial charge in [-0.1, -0.05) is 0 Å². The summed E-state index contributed by atoms with van der Waals surface area (Å²) < 4.78 is 5.78. The quantitative estimate of drug-likeness (QED) is 0.435. The number of hydrogen-bond donors (Lipinski definition) is 0. The number of fused-ring (bicyclic) bond motifs is 1. The van der Waals surface area contributed by atoms with Crippen molar-refractivity contribution in [2.75, 3.05) is 21.2 Å². The topological polar surface area (TPSA) is 103 Å². The van der Waals surface area contributed by atoms with Crippen molar-refractivity contribution in [3.05, 3.63) is 22.2 Å². The Hall–Kier alpha value is -2.84. The number of ether oxygens (including phenoxy) is 1. The normalized spacial score (nSPS) is 11.0. The third-order valence-corrected chi connectivity index (χ3v) is 2.56. The van der Waals surface area contributed by atoms with Gasteiger partial charge in [-0.3, -0.25) is 9.36 Å². The highest BCUT2D eigenvalue weighted by molar-refractivity contribution is 5.88. The number of methoxy groups -OCH3 is 1. The molecule has 9 heteroatoms. The standard InChI is InChI=1S/C12H14N6O3/c1-17(2)6-14-12-16-9-8(10(19)18(12)3)15-7(5-13-9)11(20)21-4/h5-6H,1-4H3/b14-6+. The van der Waals surface area contributed by atoms with E-state index < -0.39 is 11.5 Å². The predicted octanol–water partition coefficient (Wildman–Crippen LogP) is -0.269. The first-order chi connectivity index (χ1) is 9.93. The van der Waals surface area contributed by atoms with Gasteiger partial charge in [0.25, 0.3) is 5.56 Å². The van der Waals surface area contributed by atoms with Crippen LogP contribution in [0, 0.1) is 0 Å². The maximum atomic E-state index is 12.2. The van der Waals surface area contributed by atoms with Crippen molar-refractivity contribution in [1.82, 2.24) is 24.4 Å². The van der Waals surface area contributed by atoms with Gasteiger partial charge in [0.1, 0.15) is 0 Å². The molecule has 9 nitrogen and oxygen atoms in total. The monoisotopic (exact) mass is 290 g/mol. The molecule has 0 aliphatic carbocycles. The van der Waals surface area contributed by atoms with Gasteiger partial charge in [-0.25, -0.2) is 19.8 Å². The minimum absolute atomic E-state index is 0.01000. The number of carbonyl (C=O) groups is 1. The van der Waals surface area contributed by atoms with Crippen LogP contribution in [0.15, 0.2) is 16.0 Å². The number of aliphatic imine (C=N–C) groups is 1. The molecule has 2 aromatic rings. The Morgan fingerprint density at radius 3 is 2.76 bits per heavy atom. The van der Waals surface area contributed by atoms with Gasteiger partial charge in [0.2, 0.25) is 5.95 Å². The summed E-state index contributed by atoms with van der Waals surface area (Å²) >= 11 is 0. The van der Waals surface area contributed by atoms with E-state index in [0.29, 0.717) is 0 Å². The van der Waals surface area contributed by atoms with Gasteiger partial charge in [0.15, 0.2) is 16.9 Å². The van der Waals surface area contributed by atoms with E-state index in [4.69, 9.17) is 0 Å². The third kappa shape index (κ3) is 2.86. The molecule has 0 saturated heterocycles. The number of rotatable bonds is 3. The van der Waals surface area contributed by atoms with E-state index in [9.17, 15) is 9.59 Å². The Bertz CT molecular complexity index is 780. The average Bonchev–Trinajstić information content (AvgIpc) is 2.48. The van der Waals surface area contributed by atoms with Crippen molar-refractivity contribution in [2.45, 2.75) is 0 Å². The molecule has 0 bridgehead atoms. The molecule has 0 radical (unpaired) electrons. The second kappa shape index (κ2) is 5.65. The van der Waals surface area contributed by atoms with E-state index >= 15 is 0 Å². The van der Waals surface area contributed by atoms with Crippen LogP contribution in [0.2, 0.25) is 0 Å². The van der Waals surface area contributed by atoms with Crippen LogP contribution in [0.3, 0.4) is 0 Å². The molecule has 0 aliphatic heterocycles. The van der Waals surface area contributed by atoms with E-state index in [0.717, 1.165) is 0 Å². The molecule has 0 aromatic carbocycles. The fourth-order valence-electron chi connectivity index (χ4n) is 1.51. The molecule has 110 valence electrons. The van der Waals surface area contributed by atoms with Crippen molar-refractivity contribution in [3.8, 4) is 0 Å². The van der Waals surface area contributed by atoms with Crippen LogP contribution in [0.5, 0.6) is 0 Å².